The van der Waals surface area contributed by atoms with Crippen LogP contribution < -0.4 is 5.73 Å². The van der Waals surface area contributed by atoms with Gasteiger partial charge in [0.1, 0.15) is 0 Å². The Morgan fingerprint density at radius 2 is 2.07 bits per heavy atom. The molecule has 0 radical (unpaired) electrons. The van der Waals surface area contributed by atoms with E-state index in [1.54, 1.807) is 24.3 Å². The van der Waals surface area contributed by atoms with E-state index in [9.17, 15) is 4.79 Å². The molecule has 76 valence electrons. The highest BCUT2D eigenvalue weighted by Gasteiger charge is 2.10. The van der Waals surface area contributed by atoms with E-state index in [2.05, 4.69) is 0 Å². The van der Waals surface area contributed by atoms with E-state index < -0.39 is 0 Å². The number of thiophene rings is 1. The zero-order valence-corrected chi connectivity index (χ0v) is 9.31. The second-order valence-electron chi connectivity index (χ2n) is 3.08. The summed E-state index contributed by atoms with van der Waals surface area (Å²) in [5, 5.41) is 4.15. The highest BCUT2D eigenvalue weighted by molar-refractivity contribution is 7.08. The van der Waals surface area contributed by atoms with Crippen LogP contribution in [-0.4, -0.2) is 5.78 Å². The van der Waals surface area contributed by atoms with Crippen molar-refractivity contribution in [3.63, 3.8) is 0 Å². The molecular formula is C11H8ClNOS. The topological polar surface area (TPSA) is 43.1 Å². The first kappa shape index (κ1) is 10.2. The second-order valence-corrected chi connectivity index (χ2v) is 4.26. The van der Waals surface area contributed by atoms with Crippen molar-refractivity contribution in [1.29, 1.82) is 0 Å². The van der Waals surface area contributed by atoms with Crippen LogP contribution in [0.15, 0.2) is 35.0 Å². The van der Waals surface area contributed by atoms with Gasteiger partial charge in [0.2, 0.25) is 0 Å². The quantitative estimate of drug-likeness (QED) is 0.644. The predicted molar refractivity (Wildman–Crippen MR) is 63.6 cm³/mol. The number of anilines is 1. The highest BCUT2D eigenvalue weighted by atomic mass is 35.5. The van der Waals surface area contributed by atoms with Gasteiger partial charge in [0.15, 0.2) is 5.78 Å². The summed E-state index contributed by atoms with van der Waals surface area (Å²) in [6, 6.07) is 6.70. The lowest BCUT2D eigenvalue weighted by Gasteiger charge is -2.01. The van der Waals surface area contributed by atoms with Crippen LogP contribution in [0.1, 0.15) is 15.9 Å². The Labute approximate surface area is 96.3 Å². The summed E-state index contributed by atoms with van der Waals surface area (Å²) in [5.41, 5.74) is 7.31. The first-order chi connectivity index (χ1) is 7.18. The summed E-state index contributed by atoms with van der Waals surface area (Å²) in [7, 11) is 0. The van der Waals surface area contributed by atoms with Gasteiger partial charge in [-0.05, 0) is 29.6 Å². The van der Waals surface area contributed by atoms with E-state index in [-0.39, 0.29) is 5.78 Å². The molecule has 0 amide bonds. The minimum atomic E-state index is -0.0281. The van der Waals surface area contributed by atoms with E-state index in [0.717, 1.165) is 0 Å². The summed E-state index contributed by atoms with van der Waals surface area (Å²) in [4.78, 5) is 11.9. The van der Waals surface area contributed by atoms with Gasteiger partial charge in [-0.3, -0.25) is 4.79 Å². The summed E-state index contributed by atoms with van der Waals surface area (Å²) in [6.07, 6.45) is 0. The number of nitrogen functional groups attached to an aromatic ring is 1. The molecule has 0 unspecified atom stereocenters. The summed E-state index contributed by atoms with van der Waals surface area (Å²) < 4.78 is 0. The van der Waals surface area contributed by atoms with E-state index in [1.165, 1.54) is 11.3 Å². The molecule has 2 aromatic rings. The SMILES string of the molecule is Nc1cc(C(=O)c2ccsc2)ccc1Cl. The molecule has 4 heteroatoms. The van der Waals surface area contributed by atoms with Crippen LogP contribution in [0.25, 0.3) is 0 Å². The fourth-order valence-corrected chi connectivity index (χ4v) is 2.00. The molecule has 15 heavy (non-hydrogen) atoms. The van der Waals surface area contributed by atoms with Gasteiger partial charge in [0, 0.05) is 16.5 Å². The predicted octanol–water partition coefficient (Wildman–Crippen LogP) is 3.21. The Morgan fingerprint density at radius 3 is 2.67 bits per heavy atom. The maximum absolute atomic E-state index is 11.9. The van der Waals surface area contributed by atoms with Gasteiger partial charge in [-0.15, -0.1) is 0 Å². The number of halogens is 1. The van der Waals surface area contributed by atoms with Gasteiger partial charge in [0.05, 0.1) is 10.7 Å². The standard InChI is InChI=1S/C11H8ClNOS/c12-9-2-1-7(5-10(9)13)11(14)8-3-4-15-6-8/h1-6H,13H2. The monoisotopic (exact) mass is 237 g/mol. The minimum Gasteiger partial charge on any atom is -0.398 e. The molecule has 0 spiro atoms. The normalized spacial score (nSPS) is 10.2. The van der Waals surface area contributed by atoms with Crippen LogP contribution in [-0.2, 0) is 0 Å². The average molecular weight is 238 g/mol. The Bertz CT molecular complexity index is 493. The number of ketones is 1. The molecule has 2 nitrogen and oxygen atoms in total. The Hall–Kier alpha value is -1.32. The molecule has 2 N–H and O–H groups in total. The zero-order valence-electron chi connectivity index (χ0n) is 7.74. The molecule has 0 aliphatic carbocycles. The van der Waals surface area contributed by atoms with E-state index in [0.29, 0.717) is 21.8 Å². The van der Waals surface area contributed by atoms with Crippen molar-refractivity contribution in [2.75, 3.05) is 5.73 Å². The molecule has 0 atom stereocenters. The van der Waals surface area contributed by atoms with Crippen LogP contribution in [0, 0.1) is 0 Å². The molecule has 0 aliphatic rings. The Morgan fingerprint density at radius 1 is 1.27 bits per heavy atom. The number of hydrogen-bond acceptors (Lipinski definition) is 3. The first-order valence-electron chi connectivity index (χ1n) is 4.30. The Kier molecular flexibility index (Phi) is 2.75. The van der Waals surface area contributed by atoms with E-state index in [4.69, 9.17) is 17.3 Å². The van der Waals surface area contributed by atoms with Gasteiger partial charge in [-0.25, -0.2) is 0 Å². The lowest BCUT2D eigenvalue weighted by molar-refractivity contribution is 0.103. The van der Waals surface area contributed by atoms with Gasteiger partial charge in [0.25, 0.3) is 0 Å². The molecule has 0 saturated carbocycles. The fraction of sp³-hybridized carbons (Fsp3) is 0. The van der Waals surface area contributed by atoms with Gasteiger partial charge in [-0.2, -0.15) is 11.3 Å². The van der Waals surface area contributed by atoms with Crippen molar-refractivity contribution in [2.45, 2.75) is 0 Å². The van der Waals surface area contributed by atoms with Gasteiger partial charge < -0.3 is 5.73 Å². The summed E-state index contributed by atoms with van der Waals surface area (Å²) >= 11 is 7.27. The molecule has 0 saturated heterocycles. The number of rotatable bonds is 2. The third-order valence-corrected chi connectivity index (χ3v) is 3.07. The number of nitrogens with two attached hydrogens (primary N) is 1. The maximum atomic E-state index is 11.9. The Balaban J connectivity index is 2.39. The third-order valence-electron chi connectivity index (χ3n) is 2.04. The number of carbonyl (C=O) groups is 1. The van der Waals surface area contributed by atoms with Crippen LogP contribution in [0.2, 0.25) is 5.02 Å². The van der Waals surface area contributed by atoms with Crippen molar-refractivity contribution >= 4 is 34.4 Å². The smallest absolute Gasteiger partial charge is 0.193 e. The van der Waals surface area contributed by atoms with Crippen molar-refractivity contribution in [3.8, 4) is 0 Å². The van der Waals surface area contributed by atoms with Crippen molar-refractivity contribution in [2.24, 2.45) is 0 Å². The molecule has 1 aromatic carbocycles. The third kappa shape index (κ3) is 2.03. The van der Waals surface area contributed by atoms with Gasteiger partial charge >= 0.3 is 0 Å². The van der Waals surface area contributed by atoms with Crippen molar-refractivity contribution in [1.82, 2.24) is 0 Å². The lowest BCUT2D eigenvalue weighted by atomic mass is 10.1. The largest absolute Gasteiger partial charge is 0.398 e. The number of hydrogen-bond donors (Lipinski definition) is 1. The van der Waals surface area contributed by atoms with Crippen molar-refractivity contribution < 1.29 is 4.79 Å². The lowest BCUT2D eigenvalue weighted by Crippen LogP contribution is -2.00. The van der Waals surface area contributed by atoms with Crippen LogP contribution in [0.5, 0.6) is 0 Å². The molecule has 0 fully saturated rings. The van der Waals surface area contributed by atoms with Gasteiger partial charge in [-0.1, -0.05) is 11.6 Å². The van der Waals surface area contributed by atoms with Crippen molar-refractivity contribution in [3.05, 3.63) is 51.2 Å². The summed E-state index contributed by atoms with van der Waals surface area (Å²) in [6.45, 7) is 0. The van der Waals surface area contributed by atoms with Crippen LogP contribution in [0.3, 0.4) is 0 Å². The molecular weight excluding hydrogens is 230 g/mol. The van der Waals surface area contributed by atoms with Crippen LogP contribution >= 0.6 is 22.9 Å². The summed E-state index contributed by atoms with van der Waals surface area (Å²) in [5.74, 6) is -0.0281. The van der Waals surface area contributed by atoms with E-state index in [1.807, 2.05) is 10.8 Å². The fourth-order valence-electron chi connectivity index (χ4n) is 1.25. The number of benzene rings is 1. The first-order valence-corrected chi connectivity index (χ1v) is 5.62. The van der Waals surface area contributed by atoms with E-state index >= 15 is 0 Å². The second kappa shape index (κ2) is 4.04. The molecule has 2 rings (SSSR count). The number of carbonyl (C=O) groups excluding carboxylic acids is 1. The molecule has 0 aliphatic heterocycles. The molecule has 1 aromatic heterocycles. The average Bonchev–Trinajstić information content (AvgIpc) is 2.74. The molecule has 0 bridgehead atoms. The maximum Gasteiger partial charge on any atom is 0.193 e. The minimum absolute atomic E-state index is 0.0281. The molecule has 1 heterocycles. The highest BCUT2D eigenvalue weighted by Crippen LogP contribution is 2.21. The van der Waals surface area contributed by atoms with Crippen LogP contribution in [0.4, 0.5) is 5.69 Å². The zero-order chi connectivity index (χ0) is 10.8.